The summed E-state index contributed by atoms with van der Waals surface area (Å²) in [6, 6.07) is -20.3. The second-order valence-electron chi connectivity index (χ2n) is 7.56. The molecule has 0 saturated carbocycles. The summed E-state index contributed by atoms with van der Waals surface area (Å²) in [6.45, 7) is -6.22. The minimum Gasteiger partial charge on any atom is -0.386 e. The fourth-order valence-electron chi connectivity index (χ4n) is 3.27. The van der Waals surface area contributed by atoms with Gasteiger partial charge in [0.25, 0.3) is 0 Å². The third kappa shape index (κ3) is 5.18. The third-order valence-electron chi connectivity index (χ3n) is 5.12. The predicted molar refractivity (Wildman–Crippen MR) is 166 cm³/mol. The molecule has 2 N–H and O–H groups in total. The van der Waals surface area contributed by atoms with Crippen LogP contribution in [0.15, 0.2) is 127 Å². The lowest BCUT2D eigenvalue weighted by atomic mass is 9.99. The van der Waals surface area contributed by atoms with E-state index in [2.05, 4.69) is 15.0 Å². The van der Waals surface area contributed by atoms with Gasteiger partial charge in [-0.05, 0) is 34.3 Å². The summed E-state index contributed by atoms with van der Waals surface area (Å²) in [5, 5.41) is 3.80. The smallest absolute Gasteiger partial charge is 0.164 e. The van der Waals surface area contributed by atoms with Gasteiger partial charge in [-0.3, -0.25) is 0 Å². The van der Waals surface area contributed by atoms with Crippen molar-refractivity contribution in [2.24, 2.45) is 0 Å². The van der Waals surface area contributed by atoms with Gasteiger partial charge >= 0.3 is 0 Å². The molecule has 5 aromatic carbocycles. The summed E-state index contributed by atoms with van der Waals surface area (Å²) < 4.78 is 227. The molecule has 0 bridgehead atoms. The van der Waals surface area contributed by atoms with Crippen molar-refractivity contribution in [1.29, 1.82) is 0 Å². The Hall–Kier alpha value is -5.29. The zero-order chi connectivity index (χ0) is 50.6. The van der Waals surface area contributed by atoms with E-state index in [9.17, 15) is 0 Å². The fraction of sp³-hybridized carbons (Fsp3) is 0.0571. The Morgan fingerprint density at radius 2 is 0.800 bits per heavy atom. The molecule has 0 spiro atoms. The summed E-state index contributed by atoms with van der Waals surface area (Å²) in [4.78, 5) is 12.4. The van der Waals surface area contributed by atoms with E-state index >= 15 is 0 Å². The Morgan fingerprint density at radius 3 is 1.27 bits per heavy atom. The third-order valence-corrected chi connectivity index (χ3v) is 5.12. The average Bonchev–Trinajstić information content (AvgIpc) is 3.24. The zero-order valence-electron chi connectivity index (χ0n) is 46.8. The second-order valence-corrected chi connectivity index (χ2v) is 7.56. The van der Waals surface area contributed by atoms with Crippen molar-refractivity contribution in [3.05, 3.63) is 127 Å². The number of nitrogens with one attached hydrogen (secondary N) is 2. The van der Waals surface area contributed by atoms with Crippen LogP contribution < -0.4 is 10.6 Å². The van der Waals surface area contributed by atoms with Crippen LogP contribution in [0.25, 0.3) is 56.4 Å². The molecule has 0 radical (unpaired) electrons. The van der Waals surface area contributed by atoms with Crippen LogP contribution in [0.3, 0.4) is 0 Å². The lowest BCUT2D eigenvalue weighted by Gasteiger charge is -2.12. The minimum absolute atomic E-state index is 0.701. The van der Waals surface area contributed by atoms with Crippen LogP contribution in [-0.4, -0.2) is 28.9 Å². The number of anilines is 2. The second kappa shape index (κ2) is 11.2. The van der Waals surface area contributed by atoms with Crippen LogP contribution >= 0.6 is 0 Å². The maximum atomic E-state index is 9.06. The van der Waals surface area contributed by atoms with Crippen molar-refractivity contribution in [1.82, 2.24) is 15.0 Å². The normalized spacial score (nSPS) is 20.9. The highest BCUT2D eigenvalue weighted by molar-refractivity contribution is 5.79. The SMILES string of the molecule is [2H]c1c([2H])c([2H])c(-c2nc(-c3c([2H])c([2H])c([2H])c([2H])c3[2H])nc(-c3c([2H])c([2H])c(-c4c([2H])c([2H])c(-c5c([2H])c([2H])c(NC([2H])([2H])[2H])c(NC([2H])([2H])[2H])c5[2H])c([2H])c4[2H])c([2H])c3[2H])n2)c([2H])c1[2H]. The Balaban J connectivity index is 1.67. The summed E-state index contributed by atoms with van der Waals surface area (Å²) in [5.41, 5.74) is -7.39. The van der Waals surface area contributed by atoms with Gasteiger partial charge in [-0.25, -0.2) is 15.0 Å². The molecule has 1 aromatic heterocycles. The molecule has 0 aliphatic rings. The number of benzene rings is 5. The van der Waals surface area contributed by atoms with Crippen LogP contribution in [0.1, 0.15) is 37.0 Å². The molecule has 6 rings (SSSR count). The van der Waals surface area contributed by atoms with E-state index in [4.69, 9.17) is 37.0 Å². The summed E-state index contributed by atoms with van der Waals surface area (Å²) >= 11 is 0. The van der Waals surface area contributed by atoms with E-state index in [1.807, 2.05) is 10.6 Å². The van der Waals surface area contributed by atoms with Gasteiger partial charge < -0.3 is 10.6 Å². The summed E-state index contributed by atoms with van der Waals surface area (Å²) in [7, 11) is 0. The molecular weight excluding hydrogens is 490 g/mol. The van der Waals surface area contributed by atoms with E-state index in [0.717, 1.165) is 0 Å². The minimum atomic E-state index is -3.14. The maximum absolute atomic E-state index is 9.06. The molecule has 0 fully saturated rings. The molecular formula is C35H29N5. The van der Waals surface area contributed by atoms with E-state index in [-0.39, 0.29) is 0 Å². The molecule has 0 amide bonds. The Kier molecular flexibility index (Phi) is 2.49. The average molecular weight is 547 g/mol. The van der Waals surface area contributed by atoms with Crippen molar-refractivity contribution < 1.29 is 37.0 Å². The van der Waals surface area contributed by atoms with E-state index < -0.39 is 209 Å². The highest BCUT2D eigenvalue weighted by Gasteiger charge is 2.12. The first-order chi connectivity index (χ1) is 30.8. The highest BCUT2D eigenvalue weighted by atomic mass is 15.0. The van der Waals surface area contributed by atoms with Crippen molar-refractivity contribution in [3.63, 3.8) is 0 Å². The Morgan fingerprint density at radius 1 is 0.425 bits per heavy atom. The monoisotopic (exact) mass is 546 g/mol. The summed E-state index contributed by atoms with van der Waals surface area (Å²) in [6.07, 6.45) is 0. The number of aromatic nitrogens is 3. The van der Waals surface area contributed by atoms with Gasteiger partial charge in [-0.15, -0.1) is 0 Å². The largest absolute Gasteiger partial charge is 0.386 e. The molecule has 1 heterocycles. The van der Waals surface area contributed by atoms with Gasteiger partial charge in [0.05, 0.1) is 40.2 Å². The molecule has 0 atom stereocenters. The van der Waals surface area contributed by atoms with Crippen molar-refractivity contribution >= 4 is 11.4 Å². The molecule has 0 aliphatic heterocycles. The molecule has 6 aromatic rings. The quantitative estimate of drug-likeness (QED) is 0.211. The lowest BCUT2D eigenvalue weighted by Crippen LogP contribution is -2.00. The number of nitrogens with zero attached hydrogens (tertiary/aromatic N) is 3. The van der Waals surface area contributed by atoms with E-state index in [1.165, 1.54) is 0 Å². The number of hydrogen-bond donors (Lipinski definition) is 2. The van der Waals surface area contributed by atoms with E-state index in [0.29, 0.717) is 0 Å². The maximum Gasteiger partial charge on any atom is 0.164 e. The Bertz CT molecular complexity index is 2920. The van der Waals surface area contributed by atoms with Gasteiger partial charge in [0, 0.05) is 38.9 Å². The van der Waals surface area contributed by atoms with Crippen LogP contribution in [0.5, 0.6) is 0 Å². The predicted octanol–water partition coefficient (Wildman–Crippen LogP) is 8.29. The first-order valence-corrected chi connectivity index (χ1v) is 11.1. The first kappa shape index (κ1) is 8.86. The van der Waals surface area contributed by atoms with Gasteiger partial charge in [0.1, 0.15) is 0 Å². The lowest BCUT2D eigenvalue weighted by molar-refractivity contribution is 1.07. The van der Waals surface area contributed by atoms with Gasteiger partial charge in [-0.2, -0.15) is 0 Å². The topological polar surface area (TPSA) is 62.7 Å². The van der Waals surface area contributed by atoms with Gasteiger partial charge in [-0.1, -0.05) is 115 Å². The van der Waals surface area contributed by atoms with Crippen molar-refractivity contribution in [2.45, 2.75) is 0 Å². The number of rotatable bonds is 7. The zero-order valence-corrected chi connectivity index (χ0v) is 19.8. The van der Waals surface area contributed by atoms with Crippen molar-refractivity contribution in [2.75, 3.05) is 24.6 Å². The molecule has 194 valence electrons. The van der Waals surface area contributed by atoms with Gasteiger partial charge in [0.15, 0.2) is 17.5 Å². The number of hydrogen-bond acceptors (Lipinski definition) is 5. The molecule has 0 aliphatic carbocycles. The molecule has 5 nitrogen and oxygen atoms in total. The van der Waals surface area contributed by atoms with Crippen LogP contribution in [-0.2, 0) is 0 Å². The molecule has 5 heteroatoms. The van der Waals surface area contributed by atoms with Crippen LogP contribution in [0, 0.1) is 0 Å². The molecule has 0 unspecified atom stereocenters. The molecule has 40 heavy (non-hydrogen) atoms. The fourth-order valence-corrected chi connectivity index (χ4v) is 3.27. The molecule has 0 saturated heterocycles. The van der Waals surface area contributed by atoms with Gasteiger partial charge in [0.2, 0.25) is 0 Å². The van der Waals surface area contributed by atoms with Crippen LogP contribution in [0.4, 0.5) is 11.4 Å². The van der Waals surface area contributed by atoms with Crippen LogP contribution in [0.2, 0.25) is 0 Å². The Labute approximate surface area is 272 Å². The van der Waals surface area contributed by atoms with E-state index in [1.54, 1.807) is 0 Å². The summed E-state index contributed by atoms with van der Waals surface area (Å²) in [5.74, 6) is -2.44. The standard InChI is InChI=1S/C35H29N5/c1-36-31-22-21-30(23-32(31)37-2)26-15-13-24(14-16-26)25-17-19-29(20-18-25)35-39-33(27-9-5-3-6-10-27)38-34(40-35)28-11-7-4-8-12-28/h3-23,36-37H,1-2H3/i1D3,2D3,3D,4D,5D,6D,7D,8D,9D,10D,11D,12D,13D,14D,15D,16D,17D,18D,19D,20D,21D,22D,23D. The van der Waals surface area contributed by atoms with Crippen molar-refractivity contribution in [3.8, 4) is 56.4 Å². The highest BCUT2D eigenvalue weighted by Crippen LogP contribution is 2.31. The first-order valence-electron chi connectivity index (χ1n) is 24.6.